The van der Waals surface area contributed by atoms with Crippen molar-refractivity contribution >= 4 is 5.97 Å². The van der Waals surface area contributed by atoms with Gasteiger partial charge in [0.2, 0.25) is 0 Å². The third-order valence-corrected chi connectivity index (χ3v) is 3.82. The van der Waals surface area contributed by atoms with E-state index in [1.807, 2.05) is 31.2 Å². The van der Waals surface area contributed by atoms with Crippen LogP contribution in [-0.4, -0.2) is 22.8 Å². The number of carbonyl (C=O) groups is 1. The predicted octanol–water partition coefficient (Wildman–Crippen LogP) is 3.51. The normalized spacial score (nSPS) is 14.3. The highest BCUT2D eigenvalue weighted by Crippen LogP contribution is 2.43. The van der Waals surface area contributed by atoms with Gasteiger partial charge in [0, 0.05) is 17.3 Å². The minimum Gasteiger partial charge on any atom is -0.496 e. The molecular weight excluding hydrogens is 254 g/mol. The van der Waals surface area contributed by atoms with Crippen LogP contribution >= 0.6 is 0 Å². The van der Waals surface area contributed by atoms with Gasteiger partial charge in [-0.2, -0.15) is 0 Å². The summed E-state index contributed by atoms with van der Waals surface area (Å²) in [6.45, 7) is 1.88. The summed E-state index contributed by atoms with van der Waals surface area (Å²) in [6, 6.07) is 9.90. The van der Waals surface area contributed by atoms with Crippen LogP contribution in [-0.2, 0) is 0 Å². The van der Waals surface area contributed by atoms with Gasteiger partial charge >= 0.3 is 5.97 Å². The number of hydrogen-bond donors (Lipinski definition) is 1. The number of rotatable bonds is 4. The second-order valence-corrected chi connectivity index (χ2v) is 5.14. The van der Waals surface area contributed by atoms with E-state index in [1.165, 1.54) is 0 Å². The summed E-state index contributed by atoms with van der Waals surface area (Å²) >= 11 is 0. The zero-order valence-electron chi connectivity index (χ0n) is 11.6. The van der Waals surface area contributed by atoms with Gasteiger partial charge in [-0.25, -0.2) is 4.79 Å². The van der Waals surface area contributed by atoms with Crippen LogP contribution < -0.4 is 4.74 Å². The molecule has 1 aromatic heterocycles. The van der Waals surface area contributed by atoms with Gasteiger partial charge in [0.1, 0.15) is 5.75 Å². The Labute approximate surface area is 117 Å². The topological polar surface area (TPSA) is 51.5 Å². The highest BCUT2D eigenvalue weighted by atomic mass is 16.5. The number of nitrogens with zero attached hydrogens (tertiary/aromatic N) is 1. The summed E-state index contributed by atoms with van der Waals surface area (Å²) < 4.78 is 7.54. The molecule has 4 heteroatoms. The van der Waals surface area contributed by atoms with Crippen LogP contribution in [0.15, 0.2) is 30.3 Å². The molecule has 1 aliphatic rings. The Morgan fingerprint density at radius 2 is 2.05 bits per heavy atom. The largest absolute Gasteiger partial charge is 0.496 e. The number of ether oxygens (including phenoxy) is 1. The molecule has 0 amide bonds. The van der Waals surface area contributed by atoms with E-state index in [0.717, 1.165) is 35.5 Å². The molecule has 1 N–H and O–H groups in total. The SMILES string of the molecule is COc1ccccc1-c1cc(C(=O)O)c(C)n1C1CC1. The number of aromatic nitrogens is 1. The van der Waals surface area contributed by atoms with Crippen molar-refractivity contribution in [2.24, 2.45) is 0 Å². The highest BCUT2D eigenvalue weighted by molar-refractivity contribution is 5.91. The molecule has 104 valence electrons. The molecule has 1 fully saturated rings. The molecule has 1 aliphatic carbocycles. The van der Waals surface area contributed by atoms with E-state index in [1.54, 1.807) is 13.2 Å². The van der Waals surface area contributed by atoms with Crippen molar-refractivity contribution < 1.29 is 14.6 Å². The molecule has 0 bridgehead atoms. The molecule has 1 aromatic carbocycles. The van der Waals surface area contributed by atoms with Gasteiger partial charge < -0.3 is 14.4 Å². The minimum absolute atomic E-state index is 0.373. The minimum atomic E-state index is -0.877. The molecule has 1 heterocycles. The summed E-state index contributed by atoms with van der Waals surface area (Å²) in [5.74, 6) is -0.109. The van der Waals surface area contributed by atoms with E-state index in [9.17, 15) is 9.90 Å². The van der Waals surface area contributed by atoms with Crippen molar-refractivity contribution in [2.45, 2.75) is 25.8 Å². The lowest BCUT2D eigenvalue weighted by molar-refractivity contribution is 0.0696. The Hall–Kier alpha value is -2.23. The molecule has 0 radical (unpaired) electrons. The monoisotopic (exact) mass is 271 g/mol. The summed E-state index contributed by atoms with van der Waals surface area (Å²) in [5, 5.41) is 9.33. The lowest BCUT2D eigenvalue weighted by Crippen LogP contribution is -2.03. The van der Waals surface area contributed by atoms with Crippen molar-refractivity contribution in [3.05, 3.63) is 41.6 Å². The second kappa shape index (κ2) is 4.71. The highest BCUT2D eigenvalue weighted by Gasteiger charge is 2.30. The standard InChI is InChI=1S/C16H17NO3/c1-10-13(16(18)19)9-14(17(10)11-7-8-11)12-5-3-4-6-15(12)20-2/h3-6,9,11H,7-8H2,1-2H3,(H,18,19). The summed E-state index contributed by atoms with van der Waals surface area (Å²) in [7, 11) is 1.63. The maximum absolute atomic E-state index is 11.4. The van der Waals surface area contributed by atoms with Crippen molar-refractivity contribution in [3.8, 4) is 17.0 Å². The van der Waals surface area contributed by atoms with Crippen LogP contribution in [0.2, 0.25) is 0 Å². The fraction of sp³-hybridized carbons (Fsp3) is 0.312. The van der Waals surface area contributed by atoms with E-state index in [2.05, 4.69) is 4.57 Å². The first-order chi connectivity index (χ1) is 9.63. The van der Waals surface area contributed by atoms with Crippen molar-refractivity contribution in [2.75, 3.05) is 7.11 Å². The first-order valence-electron chi connectivity index (χ1n) is 6.72. The number of carboxylic acids is 1. The van der Waals surface area contributed by atoms with Crippen molar-refractivity contribution in [3.63, 3.8) is 0 Å². The number of methoxy groups -OCH3 is 1. The molecule has 0 atom stereocenters. The third-order valence-electron chi connectivity index (χ3n) is 3.82. The van der Waals surface area contributed by atoms with Gasteiger partial charge in [0.15, 0.2) is 0 Å². The molecule has 0 saturated heterocycles. The zero-order chi connectivity index (χ0) is 14.3. The molecule has 20 heavy (non-hydrogen) atoms. The Kier molecular flexibility index (Phi) is 3.01. The quantitative estimate of drug-likeness (QED) is 0.925. The second-order valence-electron chi connectivity index (χ2n) is 5.14. The maximum Gasteiger partial charge on any atom is 0.337 e. The lowest BCUT2D eigenvalue weighted by Gasteiger charge is -2.13. The summed E-state index contributed by atoms with van der Waals surface area (Å²) in [5.41, 5.74) is 3.07. The van der Waals surface area contributed by atoms with E-state index >= 15 is 0 Å². The summed E-state index contributed by atoms with van der Waals surface area (Å²) in [4.78, 5) is 11.4. The Balaban J connectivity index is 2.22. The molecule has 1 saturated carbocycles. The van der Waals surface area contributed by atoms with Gasteiger partial charge in [0.05, 0.1) is 18.4 Å². The van der Waals surface area contributed by atoms with Gasteiger partial charge in [-0.05, 0) is 38.0 Å². The van der Waals surface area contributed by atoms with E-state index in [4.69, 9.17) is 4.74 Å². The van der Waals surface area contributed by atoms with E-state index in [0.29, 0.717) is 11.6 Å². The zero-order valence-corrected chi connectivity index (χ0v) is 11.6. The molecular formula is C16H17NO3. The van der Waals surface area contributed by atoms with Crippen molar-refractivity contribution in [1.82, 2.24) is 4.57 Å². The molecule has 2 aromatic rings. The van der Waals surface area contributed by atoms with Crippen LogP contribution in [0.1, 0.15) is 34.9 Å². The smallest absolute Gasteiger partial charge is 0.337 e. The molecule has 4 nitrogen and oxygen atoms in total. The van der Waals surface area contributed by atoms with Crippen LogP contribution in [0, 0.1) is 6.92 Å². The van der Waals surface area contributed by atoms with Gasteiger partial charge in [-0.15, -0.1) is 0 Å². The van der Waals surface area contributed by atoms with Gasteiger partial charge in [-0.1, -0.05) is 12.1 Å². The van der Waals surface area contributed by atoms with Gasteiger partial charge in [-0.3, -0.25) is 0 Å². The first-order valence-corrected chi connectivity index (χ1v) is 6.72. The number of benzene rings is 1. The molecule has 3 rings (SSSR count). The fourth-order valence-corrected chi connectivity index (χ4v) is 2.70. The predicted molar refractivity (Wildman–Crippen MR) is 76.4 cm³/mol. The lowest BCUT2D eigenvalue weighted by atomic mass is 10.1. The number of aromatic carboxylic acids is 1. The fourth-order valence-electron chi connectivity index (χ4n) is 2.70. The Bertz CT molecular complexity index is 668. The van der Waals surface area contributed by atoms with E-state index < -0.39 is 5.97 Å². The maximum atomic E-state index is 11.4. The Morgan fingerprint density at radius 1 is 1.35 bits per heavy atom. The first kappa shape index (κ1) is 12.8. The molecule has 0 aliphatic heterocycles. The average Bonchev–Trinajstić information content (AvgIpc) is 3.22. The summed E-state index contributed by atoms with van der Waals surface area (Å²) in [6.07, 6.45) is 2.22. The average molecular weight is 271 g/mol. The van der Waals surface area contributed by atoms with Crippen LogP contribution in [0.3, 0.4) is 0 Å². The van der Waals surface area contributed by atoms with Crippen molar-refractivity contribution in [1.29, 1.82) is 0 Å². The molecule has 0 unspecified atom stereocenters. The number of hydrogen-bond acceptors (Lipinski definition) is 2. The van der Waals surface area contributed by atoms with Crippen LogP contribution in [0.25, 0.3) is 11.3 Å². The van der Waals surface area contributed by atoms with E-state index in [-0.39, 0.29) is 0 Å². The number of para-hydroxylation sites is 1. The van der Waals surface area contributed by atoms with Crippen LogP contribution in [0.5, 0.6) is 5.75 Å². The Morgan fingerprint density at radius 3 is 2.65 bits per heavy atom. The third kappa shape index (κ3) is 1.97. The molecule has 0 spiro atoms. The number of carboxylic acid groups (broad SMARTS) is 1. The van der Waals surface area contributed by atoms with Crippen LogP contribution in [0.4, 0.5) is 0 Å². The van der Waals surface area contributed by atoms with Gasteiger partial charge in [0.25, 0.3) is 0 Å².